The first-order valence-corrected chi connectivity index (χ1v) is 9.46. The van der Waals surface area contributed by atoms with Crippen molar-refractivity contribution in [1.29, 1.82) is 0 Å². The Kier molecular flexibility index (Phi) is 6.45. The number of nitrogens with one attached hydrogen (secondary N) is 1. The Morgan fingerprint density at radius 2 is 1.92 bits per heavy atom. The molecule has 0 aromatic heterocycles. The number of benzene rings is 1. The van der Waals surface area contributed by atoms with Gasteiger partial charge in [-0.1, -0.05) is 49.6 Å². The van der Waals surface area contributed by atoms with Gasteiger partial charge in [0.1, 0.15) is 6.61 Å². The molecule has 1 saturated heterocycles. The summed E-state index contributed by atoms with van der Waals surface area (Å²) in [6.45, 7) is 1.40. The summed E-state index contributed by atoms with van der Waals surface area (Å²) >= 11 is 0. The van der Waals surface area contributed by atoms with Gasteiger partial charge in [0.25, 0.3) is 0 Å². The van der Waals surface area contributed by atoms with Crippen LogP contribution in [0.25, 0.3) is 0 Å². The Balaban J connectivity index is 1.56. The zero-order valence-corrected chi connectivity index (χ0v) is 14.8. The molecule has 25 heavy (non-hydrogen) atoms. The van der Waals surface area contributed by atoms with Crippen LogP contribution in [0.15, 0.2) is 30.3 Å². The van der Waals surface area contributed by atoms with Crippen LogP contribution in [0.5, 0.6) is 0 Å². The quantitative estimate of drug-likeness (QED) is 0.827. The van der Waals surface area contributed by atoms with E-state index in [1.807, 2.05) is 35.2 Å². The minimum absolute atomic E-state index is 0.0992. The van der Waals surface area contributed by atoms with Crippen LogP contribution in [0.1, 0.15) is 56.6 Å². The van der Waals surface area contributed by atoms with E-state index in [0.29, 0.717) is 13.0 Å². The summed E-state index contributed by atoms with van der Waals surface area (Å²) in [5, 5.41) is 3.06. The first-order valence-electron chi connectivity index (χ1n) is 9.46. The lowest BCUT2D eigenvalue weighted by atomic mass is 9.98. The van der Waals surface area contributed by atoms with E-state index in [2.05, 4.69) is 5.32 Å². The number of ether oxygens (including phenoxy) is 1. The van der Waals surface area contributed by atoms with Crippen molar-refractivity contribution in [3.8, 4) is 0 Å². The van der Waals surface area contributed by atoms with E-state index in [1.165, 1.54) is 19.3 Å². The average molecular weight is 344 g/mol. The number of amides is 2. The van der Waals surface area contributed by atoms with Gasteiger partial charge in [0, 0.05) is 19.5 Å². The van der Waals surface area contributed by atoms with Gasteiger partial charge in [-0.25, -0.2) is 0 Å². The molecule has 1 N–H and O–H groups in total. The lowest BCUT2D eigenvalue weighted by Gasteiger charge is -2.26. The van der Waals surface area contributed by atoms with E-state index in [0.717, 1.165) is 31.4 Å². The Bertz CT molecular complexity index is 570. The highest BCUT2D eigenvalue weighted by Crippen LogP contribution is 2.21. The van der Waals surface area contributed by atoms with Gasteiger partial charge in [0.05, 0.1) is 12.1 Å². The van der Waals surface area contributed by atoms with Crippen molar-refractivity contribution in [2.24, 2.45) is 0 Å². The molecule has 136 valence electrons. The fourth-order valence-corrected chi connectivity index (χ4v) is 3.70. The zero-order chi connectivity index (χ0) is 17.5. The third-order valence-corrected chi connectivity index (χ3v) is 5.11. The smallest absolute Gasteiger partial charge is 0.246 e. The second-order valence-electron chi connectivity index (χ2n) is 7.05. The topological polar surface area (TPSA) is 58.6 Å². The molecule has 2 aliphatic rings. The lowest BCUT2D eigenvalue weighted by Crippen LogP contribution is -2.40. The lowest BCUT2D eigenvalue weighted by molar-refractivity contribution is -0.131. The van der Waals surface area contributed by atoms with E-state index >= 15 is 0 Å². The van der Waals surface area contributed by atoms with Crippen LogP contribution in [0.2, 0.25) is 0 Å². The Morgan fingerprint density at radius 1 is 1.16 bits per heavy atom. The highest BCUT2D eigenvalue weighted by atomic mass is 16.5. The van der Waals surface area contributed by atoms with E-state index < -0.39 is 0 Å². The number of hydrogen-bond donors (Lipinski definition) is 1. The predicted molar refractivity (Wildman–Crippen MR) is 96.0 cm³/mol. The predicted octanol–water partition coefficient (Wildman–Crippen LogP) is 2.82. The normalized spacial score (nSPS) is 19.8. The molecular formula is C20H28N2O3. The first-order chi connectivity index (χ1) is 12.2. The first kappa shape index (κ1) is 17.9. The maximum absolute atomic E-state index is 12.4. The number of carbonyl (C=O) groups excluding carboxylic acids is 2. The Hall–Kier alpha value is -1.88. The number of nitrogens with zero attached hydrogens (tertiary/aromatic N) is 1. The molecule has 0 bridgehead atoms. The van der Waals surface area contributed by atoms with Crippen molar-refractivity contribution >= 4 is 11.8 Å². The monoisotopic (exact) mass is 344 g/mol. The van der Waals surface area contributed by atoms with Crippen molar-refractivity contribution in [3.63, 3.8) is 0 Å². The largest absolute Gasteiger partial charge is 0.368 e. The van der Waals surface area contributed by atoms with Gasteiger partial charge in [0.2, 0.25) is 11.8 Å². The fraction of sp³-hybridized carbons (Fsp3) is 0.600. The molecule has 1 aliphatic carbocycles. The van der Waals surface area contributed by atoms with Crippen LogP contribution in [0.4, 0.5) is 0 Å². The molecule has 1 aromatic carbocycles. The molecule has 2 amide bonds. The molecule has 1 aliphatic heterocycles. The van der Waals surface area contributed by atoms with Crippen molar-refractivity contribution in [1.82, 2.24) is 10.2 Å². The van der Waals surface area contributed by atoms with E-state index in [9.17, 15) is 9.59 Å². The molecule has 1 heterocycles. The third kappa shape index (κ3) is 5.30. The molecule has 3 rings (SSSR count). The van der Waals surface area contributed by atoms with Gasteiger partial charge in [-0.2, -0.15) is 0 Å². The van der Waals surface area contributed by atoms with Gasteiger partial charge in [-0.15, -0.1) is 0 Å². The fourth-order valence-electron chi connectivity index (χ4n) is 3.70. The molecule has 5 heteroatoms. The second-order valence-corrected chi connectivity index (χ2v) is 7.05. The summed E-state index contributed by atoms with van der Waals surface area (Å²) in [6.07, 6.45) is 7.49. The van der Waals surface area contributed by atoms with Gasteiger partial charge < -0.3 is 15.0 Å². The molecule has 1 atom stereocenters. The number of likely N-dealkylation sites (tertiary alicyclic amines) is 1. The molecule has 0 radical (unpaired) electrons. The SMILES string of the molecule is O=C(COC1CCCCC1)NC(CN1CCCC1=O)c1ccccc1. The van der Waals surface area contributed by atoms with Crippen LogP contribution < -0.4 is 5.32 Å². The minimum Gasteiger partial charge on any atom is -0.368 e. The molecule has 1 aromatic rings. The average Bonchev–Trinajstić information content (AvgIpc) is 3.06. The van der Waals surface area contributed by atoms with E-state index in [1.54, 1.807) is 0 Å². The summed E-state index contributed by atoms with van der Waals surface area (Å²) in [5.74, 6) is 0.0692. The summed E-state index contributed by atoms with van der Waals surface area (Å²) in [6, 6.07) is 9.67. The Morgan fingerprint density at radius 3 is 2.60 bits per heavy atom. The van der Waals surface area contributed by atoms with E-state index in [-0.39, 0.29) is 30.6 Å². The summed E-state index contributed by atoms with van der Waals surface area (Å²) < 4.78 is 5.78. The number of rotatable bonds is 7. The van der Waals surface area contributed by atoms with Crippen LogP contribution in [-0.4, -0.2) is 42.5 Å². The Labute approximate surface area is 149 Å². The van der Waals surface area contributed by atoms with Crippen LogP contribution in [0, 0.1) is 0 Å². The zero-order valence-electron chi connectivity index (χ0n) is 14.8. The molecule has 1 saturated carbocycles. The maximum atomic E-state index is 12.4. The van der Waals surface area contributed by atoms with E-state index in [4.69, 9.17) is 4.74 Å². The van der Waals surface area contributed by atoms with Gasteiger partial charge >= 0.3 is 0 Å². The molecule has 1 unspecified atom stereocenters. The van der Waals surface area contributed by atoms with Crippen molar-refractivity contribution in [2.75, 3.05) is 19.7 Å². The second kappa shape index (κ2) is 8.99. The summed E-state index contributed by atoms with van der Waals surface area (Å²) in [4.78, 5) is 26.2. The highest BCUT2D eigenvalue weighted by molar-refractivity contribution is 5.79. The van der Waals surface area contributed by atoms with Gasteiger partial charge in [-0.05, 0) is 24.8 Å². The van der Waals surface area contributed by atoms with Crippen molar-refractivity contribution in [2.45, 2.75) is 57.1 Å². The van der Waals surface area contributed by atoms with Crippen LogP contribution >= 0.6 is 0 Å². The number of hydrogen-bond acceptors (Lipinski definition) is 3. The van der Waals surface area contributed by atoms with Gasteiger partial charge in [0.15, 0.2) is 0 Å². The minimum atomic E-state index is -0.189. The van der Waals surface area contributed by atoms with Crippen molar-refractivity contribution in [3.05, 3.63) is 35.9 Å². The molecule has 2 fully saturated rings. The molecular weight excluding hydrogens is 316 g/mol. The van der Waals surface area contributed by atoms with Crippen LogP contribution in [0.3, 0.4) is 0 Å². The summed E-state index contributed by atoms with van der Waals surface area (Å²) in [7, 11) is 0. The summed E-state index contributed by atoms with van der Waals surface area (Å²) in [5.41, 5.74) is 1.02. The number of carbonyl (C=O) groups is 2. The third-order valence-electron chi connectivity index (χ3n) is 5.11. The molecule has 5 nitrogen and oxygen atoms in total. The van der Waals surface area contributed by atoms with Crippen molar-refractivity contribution < 1.29 is 14.3 Å². The van der Waals surface area contributed by atoms with Crippen LogP contribution in [-0.2, 0) is 14.3 Å². The maximum Gasteiger partial charge on any atom is 0.246 e. The highest BCUT2D eigenvalue weighted by Gasteiger charge is 2.25. The van der Waals surface area contributed by atoms with Gasteiger partial charge in [-0.3, -0.25) is 9.59 Å². The standard InChI is InChI=1S/C20H28N2O3/c23-19(15-25-17-10-5-2-6-11-17)21-18(16-8-3-1-4-9-16)14-22-13-7-12-20(22)24/h1,3-4,8-9,17-18H,2,5-7,10-15H2,(H,21,23). The molecule has 0 spiro atoms.